The van der Waals surface area contributed by atoms with Gasteiger partial charge in [-0.2, -0.15) is 5.26 Å². The van der Waals surface area contributed by atoms with E-state index >= 15 is 0 Å². The quantitative estimate of drug-likeness (QED) is 0.595. The number of ether oxygens (including phenoxy) is 3. The van der Waals surface area contributed by atoms with E-state index in [0.29, 0.717) is 17.2 Å². The molecule has 0 spiro atoms. The summed E-state index contributed by atoms with van der Waals surface area (Å²) in [6, 6.07) is 5.66. The van der Waals surface area contributed by atoms with Gasteiger partial charge in [0.15, 0.2) is 11.5 Å². The molecule has 0 amide bonds. The molecule has 114 valence electrons. The molecule has 1 aromatic carbocycles. The van der Waals surface area contributed by atoms with Crippen LogP contribution in [-0.4, -0.2) is 33.2 Å². The molecular weight excluding hydrogens is 268 g/mol. The molecule has 5 heteroatoms. The Morgan fingerprint density at radius 2 is 1.71 bits per heavy atom. The fraction of sp³-hybridized carbons (Fsp3) is 0.438. The lowest BCUT2D eigenvalue weighted by molar-refractivity contribution is 0.348. The molecule has 0 atom stereocenters. The van der Waals surface area contributed by atoms with Crippen LogP contribution in [0.3, 0.4) is 0 Å². The maximum absolute atomic E-state index is 9.17. The molecule has 0 saturated carbocycles. The van der Waals surface area contributed by atoms with Gasteiger partial charge in [-0.05, 0) is 12.0 Å². The van der Waals surface area contributed by atoms with Crippen molar-refractivity contribution in [2.24, 2.45) is 0 Å². The standard InChI is InChI=1S/C16H22N2O3/c1-11(2)13-7-15(19-5)16(20-6)8-14(13)21-12(9-17)10-18(3)4/h7-8,10-11H,1-6H3/b12-10+. The molecule has 1 aromatic rings. The fourth-order valence-electron chi connectivity index (χ4n) is 1.85. The summed E-state index contributed by atoms with van der Waals surface area (Å²) in [5.74, 6) is 2.24. The molecule has 0 unspecified atom stereocenters. The minimum Gasteiger partial charge on any atom is -0.493 e. The van der Waals surface area contributed by atoms with Crippen molar-refractivity contribution in [3.05, 3.63) is 29.7 Å². The Kier molecular flexibility index (Phi) is 5.92. The summed E-state index contributed by atoms with van der Waals surface area (Å²) < 4.78 is 16.3. The van der Waals surface area contributed by atoms with E-state index in [1.54, 1.807) is 31.4 Å². The Hall–Kier alpha value is -2.35. The average molecular weight is 290 g/mol. The predicted octanol–water partition coefficient (Wildman–Crippen LogP) is 3.13. The monoisotopic (exact) mass is 290 g/mol. The minimum atomic E-state index is 0.217. The normalized spacial score (nSPS) is 11.0. The molecule has 5 nitrogen and oxygen atoms in total. The van der Waals surface area contributed by atoms with Gasteiger partial charge in [0, 0.05) is 25.7 Å². The number of benzene rings is 1. The molecule has 0 saturated heterocycles. The Labute approximate surface area is 126 Å². The molecule has 0 aromatic heterocycles. The Morgan fingerprint density at radius 3 is 2.14 bits per heavy atom. The van der Waals surface area contributed by atoms with Crippen molar-refractivity contribution in [1.82, 2.24) is 4.90 Å². The van der Waals surface area contributed by atoms with E-state index in [1.807, 2.05) is 26.2 Å². The highest BCUT2D eigenvalue weighted by Crippen LogP contribution is 2.38. The smallest absolute Gasteiger partial charge is 0.219 e. The summed E-state index contributed by atoms with van der Waals surface area (Å²) in [4.78, 5) is 1.76. The number of methoxy groups -OCH3 is 2. The molecule has 0 bridgehead atoms. The third-order valence-corrected chi connectivity index (χ3v) is 2.84. The van der Waals surface area contributed by atoms with Crippen LogP contribution in [0.25, 0.3) is 0 Å². The van der Waals surface area contributed by atoms with Crippen molar-refractivity contribution in [1.29, 1.82) is 5.26 Å². The van der Waals surface area contributed by atoms with Crippen LogP contribution in [0.4, 0.5) is 0 Å². The minimum absolute atomic E-state index is 0.217. The van der Waals surface area contributed by atoms with Gasteiger partial charge in [-0.1, -0.05) is 13.8 Å². The summed E-state index contributed by atoms with van der Waals surface area (Å²) in [6.45, 7) is 4.10. The van der Waals surface area contributed by atoms with Gasteiger partial charge in [0.2, 0.25) is 5.76 Å². The number of hydrogen-bond acceptors (Lipinski definition) is 5. The summed E-state index contributed by atoms with van der Waals surface area (Å²) in [6.07, 6.45) is 1.63. The largest absolute Gasteiger partial charge is 0.493 e. The summed E-state index contributed by atoms with van der Waals surface area (Å²) in [7, 11) is 6.82. The lowest BCUT2D eigenvalue weighted by atomic mass is 10.0. The van der Waals surface area contributed by atoms with Crippen molar-refractivity contribution >= 4 is 0 Å². The number of nitriles is 1. The van der Waals surface area contributed by atoms with E-state index in [4.69, 9.17) is 19.5 Å². The second-order valence-electron chi connectivity index (χ2n) is 5.07. The molecule has 21 heavy (non-hydrogen) atoms. The summed E-state index contributed by atoms with van der Waals surface area (Å²) >= 11 is 0. The molecule has 0 radical (unpaired) electrons. The van der Waals surface area contributed by atoms with Gasteiger partial charge in [-0.15, -0.1) is 0 Å². The van der Waals surface area contributed by atoms with E-state index in [9.17, 15) is 0 Å². The zero-order valence-corrected chi connectivity index (χ0v) is 13.4. The van der Waals surface area contributed by atoms with Crippen molar-refractivity contribution in [3.8, 4) is 23.3 Å². The predicted molar refractivity (Wildman–Crippen MR) is 81.6 cm³/mol. The van der Waals surface area contributed by atoms with E-state index in [0.717, 1.165) is 5.56 Å². The zero-order chi connectivity index (χ0) is 16.0. The van der Waals surface area contributed by atoms with E-state index in [2.05, 4.69) is 13.8 Å². The van der Waals surface area contributed by atoms with Crippen LogP contribution in [0, 0.1) is 11.3 Å². The maximum atomic E-state index is 9.17. The van der Waals surface area contributed by atoms with Gasteiger partial charge in [0.25, 0.3) is 0 Å². The Morgan fingerprint density at radius 1 is 1.14 bits per heavy atom. The van der Waals surface area contributed by atoms with Crippen LogP contribution in [0.5, 0.6) is 17.2 Å². The lowest BCUT2D eigenvalue weighted by Crippen LogP contribution is -2.07. The van der Waals surface area contributed by atoms with Crippen molar-refractivity contribution in [3.63, 3.8) is 0 Å². The van der Waals surface area contributed by atoms with Crippen molar-refractivity contribution in [2.75, 3.05) is 28.3 Å². The second kappa shape index (κ2) is 7.44. The molecule has 0 heterocycles. The third-order valence-electron chi connectivity index (χ3n) is 2.84. The highest BCUT2D eigenvalue weighted by atomic mass is 16.5. The first kappa shape index (κ1) is 16.7. The van der Waals surface area contributed by atoms with Gasteiger partial charge >= 0.3 is 0 Å². The third kappa shape index (κ3) is 4.32. The molecular formula is C16H22N2O3. The van der Waals surface area contributed by atoms with E-state index in [1.165, 1.54) is 0 Å². The van der Waals surface area contributed by atoms with Gasteiger partial charge in [0.05, 0.1) is 20.4 Å². The van der Waals surface area contributed by atoms with Crippen molar-refractivity contribution < 1.29 is 14.2 Å². The molecule has 0 fully saturated rings. The molecule has 0 aliphatic carbocycles. The first-order valence-electron chi connectivity index (χ1n) is 6.65. The first-order chi connectivity index (χ1) is 9.92. The number of hydrogen-bond donors (Lipinski definition) is 0. The topological polar surface area (TPSA) is 54.7 Å². The van der Waals surface area contributed by atoms with Crippen LogP contribution in [0.1, 0.15) is 25.3 Å². The number of rotatable bonds is 6. The maximum Gasteiger partial charge on any atom is 0.219 e. The molecule has 0 N–H and O–H groups in total. The van der Waals surface area contributed by atoms with Crippen LogP contribution >= 0.6 is 0 Å². The summed E-state index contributed by atoms with van der Waals surface area (Å²) in [5, 5.41) is 9.17. The van der Waals surface area contributed by atoms with Crippen LogP contribution in [-0.2, 0) is 0 Å². The Balaban J connectivity index is 3.30. The van der Waals surface area contributed by atoms with E-state index in [-0.39, 0.29) is 11.7 Å². The average Bonchev–Trinajstić information content (AvgIpc) is 2.45. The summed E-state index contributed by atoms with van der Waals surface area (Å²) in [5.41, 5.74) is 0.951. The zero-order valence-electron chi connectivity index (χ0n) is 13.4. The molecule has 0 aliphatic rings. The molecule has 0 aliphatic heterocycles. The van der Waals surface area contributed by atoms with Gasteiger partial charge in [0.1, 0.15) is 11.8 Å². The SMILES string of the molecule is COc1cc(O/C(C#N)=C/N(C)C)c(C(C)C)cc1OC. The van der Waals surface area contributed by atoms with Crippen LogP contribution in [0.2, 0.25) is 0 Å². The lowest BCUT2D eigenvalue weighted by Gasteiger charge is -2.17. The van der Waals surface area contributed by atoms with Gasteiger partial charge in [-0.25, -0.2) is 0 Å². The van der Waals surface area contributed by atoms with Crippen LogP contribution in [0.15, 0.2) is 24.1 Å². The second-order valence-corrected chi connectivity index (χ2v) is 5.07. The molecule has 1 rings (SSSR count). The fourth-order valence-corrected chi connectivity index (χ4v) is 1.85. The van der Waals surface area contributed by atoms with Crippen molar-refractivity contribution in [2.45, 2.75) is 19.8 Å². The number of nitrogens with zero attached hydrogens (tertiary/aromatic N) is 2. The van der Waals surface area contributed by atoms with Gasteiger partial charge < -0.3 is 19.1 Å². The highest BCUT2D eigenvalue weighted by Gasteiger charge is 2.16. The van der Waals surface area contributed by atoms with E-state index < -0.39 is 0 Å². The first-order valence-corrected chi connectivity index (χ1v) is 6.65. The van der Waals surface area contributed by atoms with Gasteiger partial charge in [-0.3, -0.25) is 0 Å². The van der Waals surface area contributed by atoms with Crippen LogP contribution < -0.4 is 14.2 Å². The Bertz CT molecular complexity index is 557. The highest BCUT2D eigenvalue weighted by molar-refractivity contribution is 5.52. The number of allylic oxidation sites excluding steroid dienone is 1.